The largest absolute Gasteiger partial charge is 0.478 e. The number of hydrogen-bond acceptors (Lipinski definition) is 3. The van der Waals surface area contributed by atoms with E-state index in [0.29, 0.717) is 19.7 Å². The second-order valence-electron chi connectivity index (χ2n) is 6.21. The number of benzene rings is 1. The van der Waals surface area contributed by atoms with E-state index in [4.69, 9.17) is 9.84 Å². The SMILES string of the molecule is C[C@H]1COC(C)(C)CN1C(=O)NCc1ccc(C(=O)O)cc1. The van der Waals surface area contributed by atoms with Crippen LogP contribution in [-0.2, 0) is 11.3 Å². The van der Waals surface area contributed by atoms with Gasteiger partial charge in [-0.1, -0.05) is 12.1 Å². The minimum Gasteiger partial charge on any atom is -0.478 e. The van der Waals surface area contributed by atoms with Gasteiger partial charge in [-0.2, -0.15) is 0 Å². The van der Waals surface area contributed by atoms with Crippen molar-refractivity contribution in [1.82, 2.24) is 10.2 Å². The summed E-state index contributed by atoms with van der Waals surface area (Å²) in [6.45, 7) is 7.30. The normalized spacial score (nSPS) is 20.5. The maximum Gasteiger partial charge on any atom is 0.335 e. The standard InChI is InChI=1S/C16H22N2O4/c1-11-9-22-16(2,3)10-18(11)15(21)17-8-12-4-6-13(7-5-12)14(19)20/h4-7,11H,8-10H2,1-3H3,(H,17,21)(H,19,20)/t11-/m0/s1. The van der Waals surface area contributed by atoms with Gasteiger partial charge in [0.1, 0.15) is 0 Å². The Kier molecular flexibility index (Phi) is 4.71. The molecule has 6 heteroatoms. The third-order valence-electron chi connectivity index (χ3n) is 3.70. The fraction of sp³-hybridized carbons (Fsp3) is 0.500. The monoisotopic (exact) mass is 306 g/mol. The van der Waals surface area contributed by atoms with Crippen molar-refractivity contribution >= 4 is 12.0 Å². The first kappa shape index (κ1) is 16.3. The summed E-state index contributed by atoms with van der Waals surface area (Å²) in [6.07, 6.45) is 0. The number of rotatable bonds is 3. The summed E-state index contributed by atoms with van der Waals surface area (Å²) in [5, 5.41) is 11.7. The molecule has 1 aliphatic heterocycles. The molecule has 22 heavy (non-hydrogen) atoms. The Morgan fingerprint density at radius 2 is 2.00 bits per heavy atom. The minimum atomic E-state index is -0.958. The van der Waals surface area contributed by atoms with Crippen molar-refractivity contribution in [3.05, 3.63) is 35.4 Å². The van der Waals surface area contributed by atoms with E-state index >= 15 is 0 Å². The van der Waals surface area contributed by atoms with Crippen LogP contribution in [0.3, 0.4) is 0 Å². The minimum absolute atomic E-state index is 0.0300. The number of urea groups is 1. The number of nitrogens with one attached hydrogen (secondary N) is 1. The van der Waals surface area contributed by atoms with Gasteiger partial charge in [0.15, 0.2) is 0 Å². The summed E-state index contributed by atoms with van der Waals surface area (Å²) in [6, 6.07) is 6.37. The van der Waals surface area contributed by atoms with Crippen molar-refractivity contribution in [2.45, 2.75) is 39.0 Å². The van der Waals surface area contributed by atoms with Crippen LogP contribution in [0.25, 0.3) is 0 Å². The van der Waals surface area contributed by atoms with Crippen LogP contribution >= 0.6 is 0 Å². The van der Waals surface area contributed by atoms with E-state index in [1.54, 1.807) is 17.0 Å². The summed E-state index contributed by atoms with van der Waals surface area (Å²) in [5.41, 5.74) is 0.754. The highest BCUT2D eigenvalue weighted by Crippen LogP contribution is 2.20. The molecular formula is C16H22N2O4. The lowest BCUT2D eigenvalue weighted by Gasteiger charge is -2.42. The van der Waals surface area contributed by atoms with Crippen LogP contribution in [0.5, 0.6) is 0 Å². The van der Waals surface area contributed by atoms with Gasteiger partial charge < -0.3 is 20.1 Å². The molecule has 1 heterocycles. The smallest absolute Gasteiger partial charge is 0.335 e. The van der Waals surface area contributed by atoms with Crippen LogP contribution in [0.15, 0.2) is 24.3 Å². The van der Waals surface area contributed by atoms with E-state index in [1.807, 2.05) is 20.8 Å². The van der Waals surface area contributed by atoms with E-state index in [9.17, 15) is 9.59 Å². The molecule has 0 spiro atoms. The first-order valence-corrected chi connectivity index (χ1v) is 7.29. The molecule has 1 atom stereocenters. The average Bonchev–Trinajstić information content (AvgIpc) is 2.47. The predicted octanol–water partition coefficient (Wildman–Crippen LogP) is 2.09. The lowest BCUT2D eigenvalue weighted by molar-refractivity contribution is -0.0953. The van der Waals surface area contributed by atoms with Crippen LogP contribution in [0.4, 0.5) is 4.79 Å². The predicted molar refractivity (Wildman–Crippen MR) is 81.8 cm³/mol. The van der Waals surface area contributed by atoms with E-state index in [1.165, 1.54) is 12.1 Å². The molecule has 1 aromatic carbocycles. The number of carboxylic acid groups (broad SMARTS) is 1. The van der Waals surface area contributed by atoms with Crippen LogP contribution in [0.1, 0.15) is 36.7 Å². The highest BCUT2D eigenvalue weighted by Gasteiger charge is 2.34. The number of morpholine rings is 1. The zero-order chi connectivity index (χ0) is 16.3. The van der Waals surface area contributed by atoms with Gasteiger partial charge in [-0.25, -0.2) is 9.59 Å². The Balaban J connectivity index is 1.93. The van der Waals surface area contributed by atoms with Gasteiger partial charge in [-0.3, -0.25) is 0 Å². The topological polar surface area (TPSA) is 78.9 Å². The molecule has 2 N–H and O–H groups in total. The van der Waals surface area contributed by atoms with Gasteiger partial charge in [0.2, 0.25) is 0 Å². The van der Waals surface area contributed by atoms with Crippen molar-refractivity contribution in [1.29, 1.82) is 0 Å². The molecule has 0 unspecified atom stereocenters. The van der Waals surface area contributed by atoms with Gasteiger partial charge >= 0.3 is 12.0 Å². The lowest BCUT2D eigenvalue weighted by atomic mass is 10.1. The Hall–Kier alpha value is -2.08. The molecule has 0 bridgehead atoms. The van der Waals surface area contributed by atoms with Crippen LogP contribution in [0.2, 0.25) is 0 Å². The molecule has 1 fully saturated rings. The Morgan fingerprint density at radius 3 is 2.59 bits per heavy atom. The number of amides is 2. The second kappa shape index (κ2) is 6.36. The third kappa shape index (κ3) is 3.98. The van der Waals surface area contributed by atoms with E-state index < -0.39 is 5.97 Å². The fourth-order valence-corrected chi connectivity index (χ4v) is 2.36. The molecule has 2 rings (SSSR count). The quantitative estimate of drug-likeness (QED) is 0.896. The molecule has 1 saturated heterocycles. The summed E-state index contributed by atoms with van der Waals surface area (Å²) in [4.78, 5) is 24.9. The van der Waals surface area contributed by atoms with E-state index in [-0.39, 0.29) is 23.2 Å². The van der Waals surface area contributed by atoms with Crippen molar-refractivity contribution in [2.24, 2.45) is 0 Å². The van der Waals surface area contributed by atoms with Crippen molar-refractivity contribution in [3.8, 4) is 0 Å². The van der Waals surface area contributed by atoms with Crippen molar-refractivity contribution in [3.63, 3.8) is 0 Å². The lowest BCUT2D eigenvalue weighted by Crippen LogP contribution is -2.57. The van der Waals surface area contributed by atoms with Crippen molar-refractivity contribution in [2.75, 3.05) is 13.2 Å². The number of nitrogens with zero attached hydrogens (tertiary/aromatic N) is 1. The Morgan fingerprint density at radius 1 is 1.36 bits per heavy atom. The molecule has 6 nitrogen and oxygen atoms in total. The molecule has 0 radical (unpaired) electrons. The van der Waals surface area contributed by atoms with Gasteiger partial charge in [-0.15, -0.1) is 0 Å². The first-order valence-electron chi connectivity index (χ1n) is 7.29. The number of carbonyl (C=O) groups excluding carboxylic acids is 1. The summed E-state index contributed by atoms with van der Waals surface area (Å²) >= 11 is 0. The summed E-state index contributed by atoms with van der Waals surface area (Å²) in [7, 11) is 0. The van der Waals surface area contributed by atoms with Gasteiger partial charge in [0.25, 0.3) is 0 Å². The van der Waals surface area contributed by atoms with Crippen LogP contribution < -0.4 is 5.32 Å². The Labute approximate surface area is 130 Å². The molecule has 1 aromatic rings. The maximum absolute atomic E-state index is 12.3. The first-order chi connectivity index (χ1) is 10.3. The average molecular weight is 306 g/mol. The van der Waals surface area contributed by atoms with Crippen LogP contribution in [0, 0.1) is 0 Å². The van der Waals surface area contributed by atoms with Crippen molar-refractivity contribution < 1.29 is 19.4 Å². The molecule has 0 aromatic heterocycles. The van der Waals surface area contributed by atoms with E-state index in [2.05, 4.69) is 5.32 Å². The van der Waals surface area contributed by atoms with E-state index in [0.717, 1.165) is 5.56 Å². The van der Waals surface area contributed by atoms with Gasteiger partial charge in [0, 0.05) is 6.54 Å². The fourth-order valence-electron chi connectivity index (χ4n) is 2.36. The third-order valence-corrected chi connectivity index (χ3v) is 3.70. The summed E-state index contributed by atoms with van der Waals surface area (Å²) < 4.78 is 5.68. The number of carbonyl (C=O) groups is 2. The van der Waals surface area contributed by atoms with Gasteiger partial charge in [-0.05, 0) is 38.5 Å². The molecular weight excluding hydrogens is 284 g/mol. The molecule has 120 valence electrons. The number of carboxylic acids is 1. The highest BCUT2D eigenvalue weighted by molar-refractivity contribution is 5.87. The molecule has 1 aliphatic rings. The zero-order valence-electron chi connectivity index (χ0n) is 13.1. The summed E-state index contributed by atoms with van der Waals surface area (Å²) in [5.74, 6) is -0.958. The molecule has 0 aliphatic carbocycles. The highest BCUT2D eigenvalue weighted by atomic mass is 16.5. The molecule has 2 amide bonds. The van der Waals surface area contributed by atoms with Crippen LogP contribution in [-0.4, -0.2) is 46.8 Å². The number of ether oxygens (including phenoxy) is 1. The number of aromatic carboxylic acids is 1. The second-order valence-corrected chi connectivity index (χ2v) is 6.21. The Bertz CT molecular complexity index is 554. The zero-order valence-corrected chi connectivity index (χ0v) is 13.1. The maximum atomic E-state index is 12.3. The number of hydrogen-bond donors (Lipinski definition) is 2. The molecule has 0 saturated carbocycles. The van der Waals surface area contributed by atoms with Gasteiger partial charge in [0.05, 0.1) is 30.4 Å².